The lowest BCUT2D eigenvalue weighted by Crippen LogP contribution is -2.26. The van der Waals surface area contributed by atoms with Crippen molar-refractivity contribution in [2.45, 2.75) is 24.5 Å². The number of amides is 1. The van der Waals surface area contributed by atoms with Gasteiger partial charge in [-0.1, -0.05) is 23.9 Å². The number of nitrogens with zero attached hydrogens (tertiary/aromatic N) is 3. The van der Waals surface area contributed by atoms with E-state index in [4.69, 9.17) is 0 Å². The monoisotopic (exact) mass is 330 g/mol. The molecule has 0 fully saturated rings. The number of hydrogen-bond donors (Lipinski definition) is 1. The van der Waals surface area contributed by atoms with Gasteiger partial charge in [0.05, 0.1) is 5.75 Å². The first-order valence-corrected chi connectivity index (χ1v) is 8.82. The van der Waals surface area contributed by atoms with Gasteiger partial charge in [-0.05, 0) is 30.0 Å². The molecular weight excluding hydrogens is 308 g/mol. The summed E-state index contributed by atoms with van der Waals surface area (Å²) in [6.07, 6.45) is 5.94. The van der Waals surface area contributed by atoms with Crippen molar-refractivity contribution < 1.29 is 4.79 Å². The Morgan fingerprint density at radius 3 is 3.04 bits per heavy atom. The van der Waals surface area contributed by atoms with Crippen molar-refractivity contribution >= 4 is 23.4 Å². The summed E-state index contributed by atoms with van der Waals surface area (Å²) in [5.74, 6) is 0.422. The van der Waals surface area contributed by atoms with E-state index in [0.29, 0.717) is 12.3 Å². The van der Waals surface area contributed by atoms with E-state index in [1.165, 1.54) is 29.4 Å². The van der Waals surface area contributed by atoms with Crippen LogP contribution in [0.4, 0.5) is 5.69 Å². The molecule has 1 aromatic heterocycles. The number of rotatable bonds is 5. The summed E-state index contributed by atoms with van der Waals surface area (Å²) in [6, 6.07) is 6.49. The van der Waals surface area contributed by atoms with Crippen LogP contribution in [0, 0.1) is 0 Å². The van der Waals surface area contributed by atoms with Crippen molar-refractivity contribution in [1.29, 1.82) is 0 Å². The molecule has 6 heteroatoms. The maximum absolute atomic E-state index is 12.0. The van der Waals surface area contributed by atoms with E-state index in [-0.39, 0.29) is 5.91 Å². The minimum Gasteiger partial charge on any atom is -0.374 e. The molecule has 2 heterocycles. The smallest absolute Gasteiger partial charge is 0.230 e. The molecule has 2 aromatic rings. The normalized spacial score (nSPS) is 13.7. The topological polar surface area (TPSA) is 50.2 Å². The number of carbonyl (C=O) groups excluding carboxylic acids is 1. The van der Waals surface area contributed by atoms with Crippen molar-refractivity contribution in [2.75, 3.05) is 24.2 Å². The summed E-state index contributed by atoms with van der Waals surface area (Å²) in [4.78, 5) is 18.5. The molecule has 3 rings (SSSR count). The zero-order valence-corrected chi connectivity index (χ0v) is 14.4. The van der Waals surface area contributed by atoms with E-state index in [1.807, 2.05) is 17.8 Å². The fourth-order valence-electron chi connectivity index (χ4n) is 2.82. The van der Waals surface area contributed by atoms with Gasteiger partial charge in [-0.15, -0.1) is 0 Å². The van der Waals surface area contributed by atoms with E-state index in [1.54, 1.807) is 6.20 Å². The molecule has 0 radical (unpaired) electrons. The standard InChI is InChI=1S/C17H22N4OS/c1-20-8-3-4-14-10-13(5-6-15(14)20)11-19-16(22)12-23-17-18-7-9-21(17)2/h5-7,9-10H,3-4,8,11-12H2,1-2H3,(H,19,22). The van der Waals surface area contributed by atoms with Gasteiger partial charge in [0.2, 0.25) is 5.91 Å². The van der Waals surface area contributed by atoms with Crippen LogP contribution >= 0.6 is 11.8 Å². The zero-order chi connectivity index (χ0) is 16.2. The molecule has 0 saturated heterocycles. The highest BCUT2D eigenvalue weighted by molar-refractivity contribution is 7.99. The van der Waals surface area contributed by atoms with Crippen LogP contribution in [0.2, 0.25) is 0 Å². The fraction of sp³-hybridized carbons (Fsp3) is 0.412. The largest absolute Gasteiger partial charge is 0.374 e. The number of imidazole rings is 1. The number of hydrogen-bond acceptors (Lipinski definition) is 4. The van der Waals surface area contributed by atoms with Crippen molar-refractivity contribution in [2.24, 2.45) is 7.05 Å². The van der Waals surface area contributed by atoms with Gasteiger partial charge in [-0.3, -0.25) is 4.79 Å². The Hall–Kier alpha value is -1.95. The van der Waals surface area contributed by atoms with Crippen LogP contribution < -0.4 is 10.2 Å². The zero-order valence-electron chi connectivity index (χ0n) is 13.6. The lowest BCUT2D eigenvalue weighted by molar-refractivity contribution is -0.118. The molecule has 5 nitrogen and oxygen atoms in total. The van der Waals surface area contributed by atoms with Crippen LogP contribution in [0.25, 0.3) is 0 Å². The molecule has 0 aliphatic carbocycles. The molecule has 1 aliphatic heterocycles. The molecule has 0 saturated carbocycles. The Morgan fingerprint density at radius 2 is 2.26 bits per heavy atom. The lowest BCUT2D eigenvalue weighted by atomic mass is 9.99. The van der Waals surface area contributed by atoms with Gasteiger partial charge in [0, 0.05) is 45.3 Å². The van der Waals surface area contributed by atoms with E-state index < -0.39 is 0 Å². The second-order valence-electron chi connectivity index (χ2n) is 5.87. The summed E-state index contributed by atoms with van der Waals surface area (Å²) in [5, 5.41) is 3.85. The minimum absolute atomic E-state index is 0.0350. The molecule has 0 spiro atoms. The number of nitrogens with one attached hydrogen (secondary N) is 1. The number of carbonyl (C=O) groups is 1. The van der Waals surface area contributed by atoms with Crippen LogP contribution in [0.5, 0.6) is 0 Å². The van der Waals surface area contributed by atoms with Crippen LogP contribution in [0.3, 0.4) is 0 Å². The number of fused-ring (bicyclic) bond motifs is 1. The summed E-state index contributed by atoms with van der Waals surface area (Å²) in [5.41, 5.74) is 3.86. The van der Waals surface area contributed by atoms with E-state index in [2.05, 4.69) is 40.4 Å². The molecule has 1 aromatic carbocycles. The van der Waals surface area contributed by atoms with E-state index >= 15 is 0 Å². The highest BCUT2D eigenvalue weighted by Crippen LogP contribution is 2.26. The van der Waals surface area contributed by atoms with Gasteiger partial charge in [0.15, 0.2) is 5.16 Å². The van der Waals surface area contributed by atoms with Gasteiger partial charge < -0.3 is 14.8 Å². The van der Waals surface area contributed by atoms with Gasteiger partial charge >= 0.3 is 0 Å². The lowest BCUT2D eigenvalue weighted by Gasteiger charge is -2.27. The number of benzene rings is 1. The highest BCUT2D eigenvalue weighted by Gasteiger charge is 2.14. The fourth-order valence-corrected chi connectivity index (χ4v) is 3.58. The van der Waals surface area contributed by atoms with E-state index in [9.17, 15) is 4.79 Å². The maximum atomic E-state index is 12.0. The maximum Gasteiger partial charge on any atom is 0.230 e. The summed E-state index contributed by atoms with van der Waals surface area (Å²) in [6.45, 7) is 1.70. The van der Waals surface area contributed by atoms with Crippen molar-refractivity contribution in [1.82, 2.24) is 14.9 Å². The molecule has 0 bridgehead atoms. The number of anilines is 1. The van der Waals surface area contributed by atoms with Crippen LogP contribution in [-0.4, -0.2) is 34.8 Å². The second kappa shape index (κ2) is 7.08. The third-order valence-electron chi connectivity index (χ3n) is 4.09. The van der Waals surface area contributed by atoms with E-state index in [0.717, 1.165) is 23.7 Å². The predicted octanol–water partition coefficient (Wildman–Crippen LogP) is 2.21. The molecule has 0 unspecified atom stereocenters. The SMILES string of the molecule is CN1CCCc2cc(CNC(=O)CSc3nccn3C)ccc21. The Morgan fingerprint density at radius 1 is 1.39 bits per heavy atom. The Bertz CT molecular complexity index is 698. The second-order valence-corrected chi connectivity index (χ2v) is 6.82. The molecule has 23 heavy (non-hydrogen) atoms. The van der Waals surface area contributed by atoms with Gasteiger partial charge in [-0.25, -0.2) is 4.98 Å². The average Bonchev–Trinajstić information content (AvgIpc) is 2.96. The Kier molecular flexibility index (Phi) is 4.91. The molecular formula is C17H22N4OS. The molecule has 1 N–H and O–H groups in total. The summed E-state index contributed by atoms with van der Waals surface area (Å²) in [7, 11) is 4.06. The molecule has 1 aliphatic rings. The first-order valence-electron chi connectivity index (χ1n) is 7.83. The summed E-state index contributed by atoms with van der Waals surface area (Å²) >= 11 is 1.45. The third kappa shape index (κ3) is 3.88. The number of aryl methyl sites for hydroxylation is 2. The number of thioether (sulfide) groups is 1. The van der Waals surface area contributed by atoms with Crippen LogP contribution in [0.1, 0.15) is 17.5 Å². The Labute approximate surface area is 141 Å². The molecule has 0 atom stereocenters. The van der Waals surface area contributed by atoms with Crippen LogP contribution in [0.15, 0.2) is 35.7 Å². The Balaban J connectivity index is 1.52. The van der Waals surface area contributed by atoms with Crippen molar-refractivity contribution in [3.63, 3.8) is 0 Å². The average molecular weight is 330 g/mol. The van der Waals surface area contributed by atoms with Gasteiger partial charge in [0.25, 0.3) is 0 Å². The van der Waals surface area contributed by atoms with Crippen molar-refractivity contribution in [3.05, 3.63) is 41.7 Å². The first kappa shape index (κ1) is 15.9. The van der Waals surface area contributed by atoms with Crippen molar-refractivity contribution in [3.8, 4) is 0 Å². The predicted molar refractivity (Wildman–Crippen MR) is 93.8 cm³/mol. The first-order chi connectivity index (χ1) is 11.1. The van der Waals surface area contributed by atoms with Gasteiger partial charge in [0.1, 0.15) is 0 Å². The highest BCUT2D eigenvalue weighted by atomic mass is 32.2. The molecule has 122 valence electrons. The quantitative estimate of drug-likeness (QED) is 0.854. The molecule has 1 amide bonds. The van der Waals surface area contributed by atoms with Crippen LogP contribution in [-0.2, 0) is 24.8 Å². The van der Waals surface area contributed by atoms with Gasteiger partial charge in [-0.2, -0.15) is 0 Å². The number of aromatic nitrogens is 2. The third-order valence-corrected chi connectivity index (χ3v) is 5.15. The minimum atomic E-state index is 0.0350. The summed E-state index contributed by atoms with van der Waals surface area (Å²) < 4.78 is 1.91.